The van der Waals surface area contributed by atoms with E-state index in [1.165, 1.54) is 16.7 Å². The number of aryl methyl sites for hydroxylation is 1. The van der Waals surface area contributed by atoms with Gasteiger partial charge in [0.15, 0.2) is 0 Å². The standard InChI is InChI=1S/2C9H13.C7H8.2ClH.Hf/c2*1-9(2,3)8-6-4-5-7-8;1-7-5-3-2-4-6-7;;;/h2*4-7H,1-3H3;2-6H,1H3;2*1H;/q2*-1;;;;+4/p-2. The molecule has 3 rings (SSSR count). The fraction of sp³-hybridized carbons (Fsp3) is 0.360. The van der Waals surface area contributed by atoms with Crippen LogP contribution in [-0.2, 0) is 36.7 Å². The predicted molar refractivity (Wildman–Crippen MR) is 113 cm³/mol. The summed E-state index contributed by atoms with van der Waals surface area (Å²) >= 11 is 0. The van der Waals surface area contributed by atoms with Crippen LogP contribution in [0.5, 0.6) is 0 Å². The van der Waals surface area contributed by atoms with Gasteiger partial charge in [0.1, 0.15) is 0 Å². The van der Waals surface area contributed by atoms with E-state index >= 15 is 0 Å². The third-order valence-corrected chi connectivity index (χ3v) is 4.00. The van der Waals surface area contributed by atoms with Crippen molar-refractivity contribution in [2.45, 2.75) is 59.3 Å². The van der Waals surface area contributed by atoms with Crippen LogP contribution in [0.3, 0.4) is 0 Å². The summed E-state index contributed by atoms with van der Waals surface area (Å²) in [6, 6.07) is 27.3. The predicted octanol–water partition coefficient (Wildman–Crippen LogP) is 1.41. The Morgan fingerprint density at radius 2 is 0.821 bits per heavy atom. The summed E-state index contributed by atoms with van der Waals surface area (Å²) in [5.41, 5.74) is 4.81. The molecule has 0 N–H and O–H groups in total. The van der Waals surface area contributed by atoms with Gasteiger partial charge < -0.3 is 24.8 Å². The second kappa shape index (κ2) is 15.2. The van der Waals surface area contributed by atoms with Crippen molar-refractivity contribution < 1.29 is 50.7 Å². The molecule has 0 fully saturated rings. The zero-order valence-corrected chi connectivity index (χ0v) is 23.4. The van der Waals surface area contributed by atoms with E-state index in [4.69, 9.17) is 0 Å². The van der Waals surface area contributed by atoms with Crippen molar-refractivity contribution in [1.82, 2.24) is 0 Å². The third kappa shape index (κ3) is 13.5. The van der Waals surface area contributed by atoms with E-state index in [1.54, 1.807) is 0 Å². The van der Waals surface area contributed by atoms with Gasteiger partial charge in [-0.1, -0.05) is 88.3 Å². The molecule has 0 saturated carbocycles. The first-order valence-electron chi connectivity index (χ1n) is 9.07. The number of hydrogen-bond acceptors (Lipinski definition) is 0. The minimum absolute atomic E-state index is 0. The van der Waals surface area contributed by atoms with Crippen molar-refractivity contribution in [2.24, 2.45) is 0 Å². The quantitative estimate of drug-likeness (QED) is 0.278. The van der Waals surface area contributed by atoms with E-state index in [0.717, 1.165) is 0 Å². The molecular formula is C25H34Cl2Hf. The minimum atomic E-state index is 0. The van der Waals surface area contributed by atoms with Crippen molar-refractivity contribution in [2.75, 3.05) is 0 Å². The van der Waals surface area contributed by atoms with E-state index in [9.17, 15) is 0 Å². The number of halogens is 2. The Balaban J connectivity index is -0.000000320. The molecule has 0 amide bonds. The maximum Gasteiger partial charge on any atom is 4.00 e. The Kier molecular flexibility index (Phi) is 17.4. The maximum atomic E-state index is 2.22. The van der Waals surface area contributed by atoms with Crippen molar-refractivity contribution in [1.29, 1.82) is 0 Å². The smallest absolute Gasteiger partial charge is 1.00 e. The Morgan fingerprint density at radius 1 is 0.536 bits per heavy atom. The molecule has 0 radical (unpaired) electrons. The molecule has 0 spiro atoms. The number of benzene rings is 1. The zero-order valence-electron chi connectivity index (χ0n) is 18.3. The summed E-state index contributed by atoms with van der Waals surface area (Å²) in [6.45, 7) is 15.4. The fourth-order valence-electron chi connectivity index (χ4n) is 2.28. The first-order chi connectivity index (χ1) is 11.6. The van der Waals surface area contributed by atoms with Crippen LogP contribution in [0.25, 0.3) is 0 Å². The van der Waals surface area contributed by atoms with Crippen LogP contribution in [0, 0.1) is 6.92 Å². The van der Waals surface area contributed by atoms with E-state index in [2.05, 4.69) is 109 Å². The van der Waals surface area contributed by atoms with E-state index < -0.39 is 0 Å². The van der Waals surface area contributed by atoms with Crippen molar-refractivity contribution in [3.8, 4) is 0 Å². The zero-order chi connectivity index (χ0) is 18.9. The molecule has 152 valence electrons. The molecule has 0 atom stereocenters. The van der Waals surface area contributed by atoms with Gasteiger partial charge in [-0.2, -0.15) is 35.4 Å². The van der Waals surface area contributed by atoms with Crippen LogP contribution in [-0.4, -0.2) is 0 Å². The normalized spacial score (nSPS) is 9.82. The molecule has 3 aromatic rings. The van der Waals surface area contributed by atoms with Crippen LogP contribution in [0.2, 0.25) is 0 Å². The summed E-state index contributed by atoms with van der Waals surface area (Å²) in [7, 11) is 0. The first kappa shape index (κ1) is 32.0. The molecular weight excluding hydrogens is 550 g/mol. The van der Waals surface area contributed by atoms with Crippen LogP contribution in [0.15, 0.2) is 78.9 Å². The Bertz CT molecular complexity index is 626. The van der Waals surface area contributed by atoms with Gasteiger partial charge in [0.05, 0.1) is 0 Å². The average molecular weight is 584 g/mol. The van der Waals surface area contributed by atoms with Crippen molar-refractivity contribution in [3.63, 3.8) is 0 Å². The molecule has 0 heterocycles. The summed E-state index contributed by atoms with van der Waals surface area (Å²) in [5, 5.41) is 0. The van der Waals surface area contributed by atoms with Crippen LogP contribution < -0.4 is 24.8 Å². The second-order valence-electron chi connectivity index (χ2n) is 8.50. The molecule has 0 aliphatic carbocycles. The molecule has 0 aliphatic heterocycles. The second-order valence-corrected chi connectivity index (χ2v) is 8.50. The molecule has 3 aromatic carbocycles. The largest absolute Gasteiger partial charge is 4.00 e. The monoisotopic (exact) mass is 584 g/mol. The molecule has 0 aliphatic rings. The Labute approximate surface area is 204 Å². The molecule has 3 heteroatoms. The van der Waals surface area contributed by atoms with E-state index in [0.29, 0.717) is 10.8 Å². The minimum Gasteiger partial charge on any atom is -1.00 e. The molecule has 28 heavy (non-hydrogen) atoms. The summed E-state index contributed by atoms with van der Waals surface area (Å²) in [6.07, 6.45) is 0. The van der Waals surface area contributed by atoms with Crippen molar-refractivity contribution in [3.05, 3.63) is 95.6 Å². The fourth-order valence-corrected chi connectivity index (χ4v) is 2.28. The Morgan fingerprint density at radius 3 is 0.964 bits per heavy atom. The van der Waals surface area contributed by atoms with Crippen LogP contribution in [0.4, 0.5) is 0 Å². The summed E-state index contributed by atoms with van der Waals surface area (Å²) in [4.78, 5) is 0. The van der Waals surface area contributed by atoms with Gasteiger partial charge in [0.2, 0.25) is 0 Å². The van der Waals surface area contributed by atoms with Gasteiger partial charge in [-0.25, -0.2) is 24.3 Å². The topological polar surface area (TPSA) is 0 Å². The average Bonchev–Trinajstić information content (AvgIpc) is 3.22. The molecule has 0 unspecified atom stereocenters. The molecule has 0 nitrogen and oxygen atoms in total. The van der Waals surface area contributed by atoms with Gasteiger partial charge >= 0.3 is 25.8 Å². The van der Waals surface area contributed by atoms with Crippen LogP contribution >= 0.6 is 0 Å². The first-order valence-corrected chi connectivity index (χ1v) is 9.07. The SMILES string of the molecule is CC(C)(C)[c-]1cccc1.CC(C)(C)[c-]1cccc1.Cc1ccccc1.[Cl-].[Cl-].[Hf+4]. The van der Waals surface area contributed by atoms with Crippen molar-refractivity contribution >= 4 is 0 Å². The van der Waals surface area contributed by atoms with E-state index in [1.807, 2.05) is 18.2 Å². The van der Waals surface area contributed by atoms with Gasteiger partial charge in [0, 0.05) is 0 Å². The molecule has 0 saturated heterocycles. The number of hydrogen-bond donors (Lipinski definition) is 0. The van der Waals surface area contributed by atoms with Gasteiger partial charge in [0.25, 0.3) is 0 Å². The van der Waals surface area contributed by atoms with Gasteiger partial charge in [-0.3, -0.25) is 0 Å². The summed E-state index contributed by atoms with van der Waals surface area (Å²) < 4.78 is 0. The molecule has 0 aromatic heterocycles. The third-order valence-electron chi connectivity index (χ3n) is 4.00. The summed E-state index contributed by atoms with van der Waals surface area (Å²) in [5.74, 6) is 0. The van der Waals surface area contributed by atoms with Gasteiger partial charge in [-0.15, -0.1) is 0 Å². The van der Waals surface area contributed by atoms with Gasteiger partial charge in [-0.05, 0) is 6.92 Å². The van der Waals surface area contributed by atoms with E-state index in [-0.39, 0.29) is 50.7 Å². The van der Waals surface area contributed by atoms with Crippen LogP contribution in [0.1, 0.15) is 58.2 Å². The number of rotatable bonds is 0. The molecule has 0 bridgehead atoms. The Hall–Kier alpha value is -0.630. The maximum absolute atomic E-state index is 2.22.